The molecule has 0 saturated carbocycles. The molecule has 0 bridgehead atoms. The first-order chi connectivity index (χ1) is 11.6. The van der Waals surface area contributed by atoms with Crippen LogP contribution in [-0.4, -0.2) is 31.7 Å². The largest absolute Gasteiger partial charge is 0.478 e. The fourth-order valence-corrected chi connectivity index (χ4v) is 2.81. The Balaban J connectivity index is 2.26. The normalized spacial score (nSPS) is 11.2. The summed E-state index contributed by atoms with van der Waals surface area (Å²) in [5, 5.41) is 11.7. The van der Waals surface area contributed by atoms with Crippen LogP contribution in [0.3, 0.4) is 0 Å². The van der Waals surface area contributed by atoms with E-state index in [1.807, 2.05) is 0 Å². The third kappa shape index (κ3) is 4.60. The van der Waals surface area contributed by atoms with Crippen molar-refractivity contribution in [2.24, 2.45) is 0 Å². The summed E-state index contributed by atoms with van der Waals surface area (Å²) in [4.78, 5) is 23.4. The number of rotatable bonds is 6. The molecule has 0 atom stereocenters. The van der Waals surface area contributed by atoms with Crippen LogP contribution in [0.1, 0.15) is 39.2 Å². The van der Waals surface area contributed by atoms with Crippen LogP contribution in [0.4, 0.5) is 11.4 Å². The van der Waals surface area contributed by atoms with Gasteiger partial charge in [-0.2, -0.15) is 0 Å². The van der Waals surface area contributed by atoms with E-state index >= 15 is 0 Å². The molecule has 1 heterocycles. The maximum Gasteiger partial charge on any atom is 0.339 e. The van der Waals surface area contributed by atoms with Gasteiger partial charge in [0.25, 0.3) is 5.91 Å². The molecule has 2 rings (SSSR count). The molecule has 0 radical (unpaired) electrons. The molecule has 0 fully saturated rings. The molecule has 25 heavy (non-hydrogen) atoms. The summed E-state index contributed by atoms with van der Waals surface area (Å²) in [5.41, 5.74) is 1.30. The summed E-state index contributed by atoms with van der Waals surface area (Å²) >= 11 is 0. The molecular weight excluding hydrogens is 348 g/mol. The lowest BCUT2D eigenvalue weighted by molar-refractivity contribution is 0.0694. The van der Waals surface area contributed by atoms with Gasteiger partial charge in [-0.15, -0.1) is 0 Å². The summed E-state index contributed by atoms with van der Waals surface area (Å²) in [6.07, 6.45) is 1.36. The van der Waals surface area contributed by atoms with Gasteiger partial charge in [0.15, 0.2) is 5.76 Å². The highest BCUT2D eigenvalue weighted by Crippen LogP contribution is 2.23. The number of anilines is 2. The second-order valence-corrected chi connectivity index (χ2v) is 7.21. The van der Waals surface area contributed by atoms with Crippen molar-refractivity contribution in [3.63, 3.8) is 0 Å². The number of furan rings is 1. The van der Waals surface area contributed by atoms with Gasteiger partial charge in [-0.3, -0.25) is 9.52 Å². The van der Waals surface area contributed by atoms with Gasteiger partial charge in [-0.25, -0.2) is 13.2 Å². The Labute approximate surface area is 144 Å². The van der Waals surface area contributed by atoms with Gasteiger partial charge in [0.2, 0.25) is 10.0 Å². The van der Waals surface area contributed by atoms with E-state index in [9.17, 15) is 18.0 Å². The van der Waals surface area contributed by atoms with Crippen LogP contribution >= 0.6 is 0 Å². The van der Waals surface area contributed by atoms with Crippen molar-refractivity contribution in [3.8, 4) is 0 Å². The molecule has 0 aliphatic carbocycles. The van der Waals surface area contributed by atoms with Crippen molar-refractivity contribution in [3.05, 3.63) is 46.9 Å². The molecule has 1 aromatic heterocycles. The van der Waals surface area contributed by atoms with Crippen LogP contribution in [0.15, 0.2) is 28.7 Å². The van der Waals surface area contributed by atoms with E-state index in [-0.39, 0.29) is 17.1 Å². The van der Waals surface area contributed by atoms with Crippen LogP contribution in [0, 0.1) is 6.92 Å². The lowest BCUT2D eigenvalue weighted by Crippen LogP contribution is -2.13. The van der Waals surface area contributed by atoms with Crippen molar-refractivity contribution in [2.75, 3.05) is 16.3 Å². The Morgan fingerprint density at radius 2 is 1.92 bits per heavy atom. The van der Waals surface area contributed by atoms with E-state index < -0.39 is 21.9 Å². The van der Waals surface area contributed by atoms with Gasteiger partial charge in [0.1, 0.15) is 11.3 Å². The molecule has 134 valence electrons. The number of nitrogens with one attached hydrogen (secondary N) is 2. The average molecular weight is 366 g/mol. The van der Waals surface area contributed by atoms with Crippen molar-refractivity contribution >= 4 is 33.3 Å². The minimum absolute atomic E-state index is 0.0593. The molecule has 9 heteroatoms. The number of aromatic carboxylic acids is 1. The zero-order chi connectivity index (χ0) is 18.8. The number of hydrogen-bond acceptors (Lipinski definition) is 5. The molecule has 3 N–H and O–H groups in total. The lowest BCUT2D eigenvalue weighted by atomic mass is 10.2. The molecular formula is C16H18N2O6S. The summed E-state index contributed by atoms with van der Waals surface area (Å²) in [7, 11) is -3.46. The van der Waals surface area contributed by atoms with Crippen molar-refractivity contribution in [1.29, 1.82) is 0 Å². The lowest BCUT2D eigenvalue weighted by Gasteiger charge is -2.10. The fraction of sp³-hybridized carbons (Fsp3) is 0.250. The number of carbonyl (C=O) groups excluding carboxylic acids is 1. The number of hydrogen-bond donors (Lipinski definition) is 3. The zero-order valence-electron chi connectivity index (χ0n) is 13.9. The first kappa shape index (κ1) is 18.5. The van der Waals surface area contributed by atoms with E-state index in [4.69, 9.17) is 9.52 Å². The standard InChI is InChI=1S/C16H18N2O6S/c1-4-13-11(16(20)21)8-14(24-13)15(19)17-10-6-5-9(2)12(7-10)18-25(3,22)23/h5-8,18H,4H2,1-3H3,(H,17,19)(H,20,21). The van der Waals surface area contributed by atoms with E-state index in [0.29, 0.717) is 23.4 Å². The molecule has 0 saturated heterocycles. The predicted molar refractivity (Wildman–Crippen MR) is 92.6 cm³/mol. The van der Waals surface area contributed by atoms with E-state index in [0.717, 1.165) is 6.26 Å². The fourth-order valence-electron chi connectivity index (χ4n) is 2.19. The Kier molecular flexibility index (Phi) is 5.17. The monoisotopic (exact) mass is 366 g/mol. The Morgan fingerprint density at radius 1 is 1.24 bits per heavy atom. The number of carboxylic acid groups (broad SMARTS) is 1. The molecule has 1 aromatic carbocycles. The quantitative estimate of drug-likeness (QED) is 0.721. The molecule has 0 spiro atoms. The smallest absolute Gasteiger partial charge is 0.339 e. The van der Waals surface area contributed by atoms with Gasteiger partial charge in [0, 0.05) is 18.2 Å². The number of carboxylic acids is 1. The number of carbonyl (C=O) groups is 2. The van der Waals surface area contributed by atoms with Crippen molar-refractivity contribution < 1.29 is 27.5 Å². The van der Waals surface area contributed by atoms with Crippen molar-refractivity contribution in [2.45, 2.75) is 20.3 Å². The van der Waals surface area contributed by atoms with Crippen LogP contribution in [-0.2, 0) is 16.4 Å². The molecule has 1 amide bonds. The molecule has 0 aliphatic rings. The topological polar surface area (TPSA) is 126 Å². The van der Waals surface area contributed by atoms with Crippen LogP contribution in [0.2, 0.25) is 0 Å². The maximum absolute atomic E-state index is 12.3. The maximum atomic E-state index is 12.3. The number of sulfonamides is 1. The number of benzene rings is 1. The van der Waals surface area contributed by atoms with Gasteiger partial charge in [-0.1, -0.05) is 13.0 Å². The Hall–Kier alpha value is -2.81. The second kappa shape index (κ2) is 6.98. The average Bonchev–Trinajstić information content (AvgIpc) is 2.94. The first-order valence-electron chi connectivity index (χ1n) is 7.36. The van der Waals surface area contributed by atoms with Crippen molar-refractivity contribution in [1.82, 2.24) is 0 Å². The Morgan fingerprint density at radius 3 is 2.44 bits per heavy atom. The highest BCUT2D eigenvalue weighted by atomic mass is 32.2. The summed E-state index contributed by atoms with van der Waals surface area (Å²) < 4.78 is 30.4. The van der Waals surface area contributed by atoms with Gasteiger partial charge in [0.05, 0.1) is 11.9 Å². The van der Waals surface area contributed by atoms with E-state index in [1.54, 1.807) is 26.0 Å². The number of amides is 1. The summed E-state index contributed by atoms with van der Waals surface area (Å²) in [6, 6.07) is 5.88. The predicted octanol–water partition coefficient (Wildman–Crippen LogP) is 2.47. The van der Waals surface area contributed by atoms with E-state index in [2.05, 4.69) is 10.0 Å². The minimum atomic E-state index is -3.46. The number of aryl methyl sites for hydroxylation is 2. The molecule has 8 nitrogen and oxygen atoms in total. The Bertz CT molecular complexity index is 930. The minimum Gasteiger partial charge on any atom is -0.478 e. The second-order valence-electron chi connectivity index (χ2n) is 5.46. The molecule has 0 unspecified atom stereocenters. The van der Waals surface area contributed by atoms with E-state index in [1.165, 1.54) is 12.1 Å². The highest BCUT2D eigenvalue weighted by Gasteiger charge is 2.20. The highest BCUT2D eigenvalue weighted by molar-refractivity contribution is 7.92. The molecule has 0 aliphatic heterocycles. The molecule has 2 aromatic rings. The first-order valence-corrected chi connectivity index (χ1v) is 9.25. The third-order valence-electron chi connectivity index (χ3n) is 3.38. The third-order valence-corrected chi connectivity index (χ3v) is 3.97. The summed E-state index contributed by atoms with van der Waals surface area (Å²) in [6.45, 7) is 3.44. The van der Waals surface area contributed by atoms with Crippen LogP contribution < -0.4 is 10.0 Å². The summed E-state index contributed by atoms with van der Waals surface area (Å²) in [5.74, 6) is -1.72. The SMILES string of the molecule is CCc1oc(C(=O)Nc2ccc(C)c(NS(C)(=O)=O)c2)cc1C(=O)O. The van der Waals surface area contributed by atoms with Crippen LogP contribution in [0.5, 0.6) is 0 Å². The van der Waals surface area contributed by atoms with Gasteiger partial charge < -0.3 is 14.8 Å². The van der Waals surface area contributed by atoms with Crippen LogP contribution in [0.25, 0.3) is 0 Å². The van der Waals surface area contributed by atoms with Gasteiger partial charge in [-0.05, 0) is 24.6 Å². The van der Waals surface area contributed by atoms with Gasteiger partial charge >= 0.3 is 5.97 Å². The zero-order valence-corrected chi connectivity index (χ0v) is 14.7.